The number of carbonyl (C=O) groups excluding carboxylic acids is 1. The van der Waals surface area contributed by atoms with Crippen LogP contribution in [0.1, 0.15) is 57.4 Å². The predicted molar refractivity (Wildman–Crippen MR) is 85.2 cm³/mol. The number of ether oxygens (including phenoxy) is 2. The first-order valence-corrected chi connectivity index (χ1v) is 9.37. The lowest BCUT2D eigenvalue weighted by Crippen LogP contribution is -2.29. The lowest BCUT2D eigenvalue weighted by atomic mass is 9.95. The summed E-state index contributed by atoms with van der Waals surface area (Å²) in [6.45, 7) is 0. The molecule has 0 N–H and O–H groups in total. The second-order valence-corrected chi connectivity index (χ2v) is 7.21. The van der Waals surface area contributed by atoms with Crippen molar-refractivity contribution in [3.63, 3.8) is 0 Å². The molecule has 23 heavy (non-hydrogen) atoms. The van der Waals surface area contributed by atoms with Crippen molar-refractivity contribution in [3.05, 3.63) is 0 Å². The Morgan fingerprint density at radius 3 is 2.78 bits per heavy atom. The van der Waals surface area contributed by atoms with E-state index in [1.807, 2.05) is 4.68 Å². The molecule has 0 bridgehead atoms. The molecular weight excluding hydrogens is 316 g/mol. The number of carbonyl (C=O) groups is 1. The van der Waals surface area contributed by atoms with Crippen LogP contribution in [-0.2, 0) is 14.3 Å². The van der Waals surface area contributed by atoms with Crippen molar-refractivity contribution in [1.82, 2.24) is 20.2 Å². The summed E-state index contributed by atoms with van der Waals surface area (Å²) < 4.78 is 12.8. The van der Waals surface area contributed by atoms with Gasteiger partial charge in [-0.2, -0.15) is 0 Å². The van der Waals surface area contributed by atoms with Gasteiger partial charge in [0.15, 0.2) is 0 Å². The first-order chi connectivity index (χ1) is 11.3. The lowest BCUT2D eigenvalue weighted by molar-refractivity contribution is -0.149. The zero-order valence-electron chi connectivity index (χ0n) is 13.5. The minimum absolute atomic E-state index is 0.0207. The molecule has 8 heteroatoms. The van der Waals surface area contributed by atoms with Crippen LogP contribution in [-0.4, -0.2) is 51.2 Å². The summed E-state index contributed by atoms with van der Waals surface area (Å²) >= 11 is 1.36. The van der Waals surface area contributed by atoms with Gasteiger partial charge in [0.25, 0.3) is 0 Å². The van der Waals surface area contributed by atoms with Crippen molar-refractivity contribution in [2.45, 2.75) is 74.8 Å². The fourth-order valence-corrected chi connectivity index (χ4v) is 4.15. The van der Waals surface area contributed by atoms with Crippen LogP contribution >= 0.6 is 11.8 Å². The number of nitrogens with zero attached hydrogens (tertiary/aromatic N) is 4. The Bertz CT molecular complexity index is 519. The summed E-state index contributed by atoms with van der Waals surface area (Å²) in [6.07, 6.45) is 8.68. The average molecular weight is 340 g/mol. The first-order valence-electron chi connectivity index (χ1n) is 8.39. The second-order valence-electron chi connectivity index (χ2n) is 6.27. The van der Waals surface area contributed by atoms with Crippen molar-refractivity contribution in [2.75, 3.05) is 12.9 Å². The summed E-state index contributed by atoms with van der Waals surface area (Å²) in [4.78, 5) is 12.1. The fraction of sp³-hybridized carbons (Fsp3) is 0.867. The van der Waals surface area contributed by atoms with Gasteiger partial charge >= 0.3 is 5.97 Å². The highest BCUT2D eigenvalue weighted by molar-refractivity contribution is 7.99. The van der Waals surface area contributed by atoms with E-state index >= 15 is 0 Å². The number of methoxy groups -OCH3 is 1. The monoisotopic (exact) mass is 340 g/mol. The van der Waals surface area contributed by atoms with Gasteiger partial charge in [-0.3, -0.25) is 4.79 Å². The van der Waals surface area contributed by atoms with Crippen LogP contribution in [0.3, 0.4) is 0 Å². The van der Waals surface area contributed by atoms with Crippen molar-refractivity contribution in [1.29, 1.82) is 0 Å². The van der Waals surface area contributed by atoms with Crippen LogP contribution in [0.2, 0.25) is 0 Å². The quantitative estimate of drug-likeness (QED) is 0.581. The molecule has 0 aliphatic heterocycles. The molecule has 2 saturated carbocycles. The molecule has 3 rings (SSSR count). The minimum atomic E-state index is -0.197. The first kappa shape index (κ1) is 16.7. The van der Waals surface area contributed by atoms with Crippen molar-refractivity contribution in [2.24, 2.45) is 0 Å². The maximum Gasteiger partial charge on any atom is 0.316 e. The minimum Gasteiger partial charge on any atom is -0.462 e. The molecule has 0 saturated heterocycles. The Labute approximate surface area is 140 Å². The van der Waals surface area contributed by atoms with Gasteiger partial charge < -0.3 is 9.47 Å². The van der Waals surface area contributed by atoms with Gasteiger partial charge in [-0.15, -0.1) is 5.10 Å². The number of aromatic nitrogens is 4. The number of rotatable bonds is 6. The molecule has 7 nitrogen and oxygen atoms in total. The molecular formula is C15H24N4O3S. The van der Waals surface area contributed by atoms with E-state index in [9.17, 15) is 4.79 Å². The third-order valence-corrected chi connectivity index (χ3v) is 5.57. The largest absolute Gasteiger partial charge is 0.462 e. The van der Waals surface area contributed by atoms with Crippen molar-refractivity contribution < 1.29 is 14.3 Å². The Morgan fingerprint density at radius 1 is 1.22 bits per heavy atom. The maximum atomic E-state index is 12.1. The smallest absolute Gasteiger partial charge is 0.316 e. The van der Waals surface area contributed by atoms with Gasteiger partial charge in [-0.05, 0) is 42.5 Å². The van der Waals surface area contributed by atoms with E-state index in [0.717, 1.165) is 38.5 Å². The highest BCUT2D eigenvalue weighted by Gasteiger charge is 2.26. The van der Waals surface area contributed by atoms with E-state index in [0.29, 0.717) is 11.2 Å². The fourth-order valence-electron chi connectivity index (χ4n) is 3.43. The normalized spacial score (nSPS) is 25.6. The Hall–Kier alpha value is -1.15. The number of tetrazole rings is 1. The standard InChI is InChI=1S/C15H24N4O3S/c1-21-12-7-4-8-13(9-12)22-14(20)10-23-15-16-17-18-19(15)11-5-2-3-6-11/h11-13H,2-10H2,1H3/t12-,13+/m1/s1. The molecule has 2 fully saturated rings. The topological polar surface area (TPSA) is 79.1 Å². The van der Waals surface area contributed by atoms with Crippen LogP contribution in [0, 0.1) is 0 Å². The summed E-state index contributed by atoms with van der Waals surface area (Å²) in [7, 11) is 1.72. The average Bonchev–Trinajstić information content (AvgIpc) is 3.24. The summed E-state index contributed by atoms with van der Waals surface area (Å²) in [5.41, 5.74) is 0. The summed E-state index contributed by atoms with van der Waals surface area (Å²) in [5, 5.41) is 12.6. The molecule has 0 amide bonds. The van der Waals surface area contributed by atoms with Gasteiger partial charge in [-0.25, -0.2) is 4.68 Å². The zero-order valence-corrected chi connectivity index (χ0v) is 14.3. The van der Waals surface area contributed by atoms with E-state index in [4.69, 9.17) is 9.47 Å². The van der Waals surface area contributed by atoms with Crippen LogP contribution in [0.5, 0.6) is 0 Å². The van der Waals surface area contributed by atoms with E-state index in [1.165, 1.54) is 24.6 Å². The second kappa shape index (κ2) is 8.10. The Kier molecular flexibility index (Phi) is 5.88. The molecule has 128 valence electrons. The van der Waals surface area contributed by atoms with Crippen LogP contribution < -0.4 is 0 Å². The van der Waals surface area contributed by atoms with Gasteiger partial charge in [0.1, 0.15) is 6.10 Å². The maximum absolute atomic E-state index is 12.1. The van der Waals surface area contributed by atoms with E-state index in [1.54, 1.807) is 7.11 Å². The van der Waals surface area contributed by atoms with Crippen LogP contribution in [0.15, 0.2) is 5.16 Å². The highest BCUT2D eigenvalue weighted by atomic mass is 32.2. The Morgan fingerprint density at radius 2 is 2.00 bits per heavy atom. The third-order valence-electron chi connectivity index (χ3n) is 4.66. The molecule has 2 atom stereocenters. The van der Waals surface area contributed by atoms with E-state index in [-0.39, 0.29) is 23.9 Å². The van der Waals surface area contributed by atoms with Gasteiger partial charge in [-0.1, -0.05) is 24.6 Å². The van der Waals surface area contributed by atoms with E-state index < -0.39 is 0 Å². The Balaban J connectivity index is 1.47. The molecule has 0 spiro atoms. The van der Waals surface area contributed by atoms with Gasteiger partial charge in [0.2, 0.25) is 5.16 Å². The SMILES string of the molecule is CO[C@@H]1CCC[C@H](OC(=O)CSc2nnnn2C2CCCC2)C1. The molecule has 0 radical (unpaired) electrons. The highest BCUT2D eigenvalue weighted by Crippen LogP contribution is 2.31. The van der Waals surface area contributed by atoms with Crippen molar-refractivity contribution in [3.8, 4) is 0 Å². The molecule has 2 aliphatic rings. The van der Waals surface area contributed by atoms with Crippen molar-refractivity contribution >= 4 is 17.7 Å². The zero-order chi connectivity index (χ0) is 16.1. The molecule has 2 aliphatic carbocycles. The number of hydrogen-bond acceptors (Lipinski definition) is 7. The van der Waals surface area contributed by atoms with Crippen LogP contribution in [0.25, 0.3) is 0 Å². The molecule has 1 heterocycles. The third kappa shape index (κ3) is 4.44. The summed E-state index contributed by atoms with van der Waals surface area (Å²) in [5.74, 6) is 0.0547. The molecule has 0 unspecified atom stereocenters. The van der Waals surface area contributed by atoms with Gasteiger partial charge in [0, 0.05) is 13.5 Å². The lowest BCUT2D eigenvalue weighted by Gasteiger charge is -2.27. The number of hydrogen-bond donors (Lipinski definition) is 0. The number of esters is 1. The van der Waals surface area contributed by atoms with E-state index in [2.05, 4.69) is 15.5 Å². The molecule has 1 aromatic rings. The molecule has 0 aromatic carbocycles. The van der Waals surface area contributed by atoms with Crippen LogP contribution in [0.4, 0.5) is 0 Å². The predicted octanol–water partition coefficient (Wildman–Crippen LogP) is 2.38. The van der Waals surface area contributed by atoms with Gasteiger partial charge in [0.05, 0.1) is 17.9 Å². The summed E-state index contributed by atoms with van der Waals surface area (Å²) in [6, 6.07) is 0.379. The molecule has 1 aromatic heterocycles. The number of thioether (sulfide) groups is 1.